The van der Waals surface area contributed by atoms with Gasteiger partial charge in [-0.25, -0.2) is 0 Å². The van der Waals surface area contributed by atoms with Crippen molar-refractivity contribution in [2.24, 2.45) is 17.8 Å². The molecule has 0 N–H and O–H groups in total. The predicted molar refractivity (Wildman–Crippen MR) is 71.5 cm³/mol. The number of hydrogen-bond donors (Lipinski definition) is 0. The van der Waals surface area contributed by atoms with E-state index in [4.69, 9.17) is 0 Å². The van der Waals surface area contributed by atoms with Gasteiger partial charge in [0.15, 0.2) is 0 Å². The van der Waals surface area contributed by atoms with Crippen LogP contribution in [0, 0.1) is 17.8 Å². The molecule has 1 saturated carbocycles. The van der Waals surface area contributed by atoms with Crippen molar-refractivity contribution in [1.29, 1.82) is 0 Å². The van der Waals surface area contributed by atoms with Crippen LogP contribution in [0.15, 0.2) is 11.6 Å². The molecule has 2 aliphatic rings. The highest BCUT2D eigenvalue weighted by Gasteiger charge is 2.27. The molecule has 2 aliphatic carbocycles. The largest absolute Gasteiger partial charge is 0.0853 e. The predicted octanol–water partition coefficient (Wildman–Crippen LogP) is 5.34. The molecule has 16 heavy (non-hydrogen) atoms. The second-order valence-corrected chi connectivity index (χ2v) is 6.16. The quantitative estimate of drug-likeness (QED) is 0.563. The fraction of sp³-hybridized carbons (Fsp3) is 0.875. The minimum Gasteiger partial charge on any atom is -0.0853 e. The molecule has 0 aromatic heterocycles. The fourth-order valence-electron chi connectivity index (χ4n) is 3.76. The lowest BCUT2D eigenvalue weighted by molar-refractivity contribution is 0.181. The Morgan fingerprint density at radius 3 is 2.75 bits per heavy atom. The van der Waals surface area contributed by atoms with Crippen LogP contribution in [0.1, 0.15) is 71.6 Å². The Morgan fingerprint density at radius 1 is 1.19 bits per heavy atom. The molecule has 3 atom stereocenters. The Labute approximate surface area is 102 Å². The van der Waals surface area contributed by atoms with Gasteiger partial charge in [-0.1, -0.05) is 38.3 Å². The van der Waals surface area contributed by atoms with Crippen LogP contribution in [0.25, 0.3) is 0 Å². The molecule has 0 aromatic rings. The average Bonchev–Trinajstić information content (AvgIpc) is 2.33. The normalized spacial score (nSPS) is 35.9. The maximum absolute atomic E-state index is 2.55. The van der Waals surface area contributed by atoms with E-state index in [1.807, 2.05) is 0 Å². The Bertz CT molecular complexity index is 238. The first-order valence-electron chi connectivity index (χ1n) is 7.47. The molecule has 0 heterocycles. The van der Waals surface area contributed by atoms with Crippen LogP contribution in [0.5, 0.6) is 0 Å². The number of hydrogen-bond acceptors (Lipinski definition) is 0. The minimum absolute atomic E-state index is 0.988. The molecule has 0 radical (unpaired) electrons. The lowest BCUT2D eigenvalue weighted by Crippen LogP contribution is -2.24. The molecule has 1 fully saturated rings. The van der Waals surface area contributed by atoms with Crippen LogP contribution in [-0.4, -0.2) is 0 Å². The van der Waals surface area contributed by atoms with Crippen LogP contribution in [0.4, 0.5) is 0 Å². The maximum atomic E-state index is 2.55. The molecule has 0 saturated heterocycles. The Balaban J connectivity index is 1.89. The van der Waals surface area contributed by atoms with Gasteiger partial charge < -0.3 is 0 Å². The monoisotopic (exact) mass is 220 g/mol. The lowest BCUT2D eigenvalue weighted by atomic mass is 9.70. The first-order chi connectivity index (χ1) is 7.79. The molecule has 0 nitrogen and oxygen atoms in total. The molecule has 0 heteroatoms. The summed E-state index contributed by atoms with van der Waals surface area (Å²) in [6.07, 6.45) is 15.5. The zero-order valence-electron chi connectivity index (χ0n) is 11.2. The van der Waals surface area contributed by atoms with E-state index >= 15 is 0 Å². The molecular weight excluding hydrogens is 192 g/mol. The van der Waals surface area contributed by atoms with E-state index in [2.05, 4.69) is 19.9 Å². The van der Waals surface area contributed by atoms with Gasteiger partial charge >= 0.3 is 0 Å². The molecule has 0 aromatic carbocycles. The smallest absolute Gasteiger partial charge is 0.0289 e. The molecule has 0 aliphatic heterocycles. The number of allylic oxidation sites excluding steroid dienone is 2. The van der Waals surface area contributed by atoms with Crippen molar-refractivity contribution in [1.82, 2.24) is 0 Å². The highest BCUT2D eigenvalue weighted by Crippen LogP contribution is 2.40. The minimum atomic E-state index is 0.988. The summed E-state index contributed by atoms with van der Waals surface area (Å²) in [5.41, 5.74) is 1.80. The van der Waals surface area contributed by atoms with E-state index in [0.29, 0.717) is 0 Å². The van der Waals surface area contributed by atoms with Crippen LogP contribution >= 0.6 is 0 Å². The first kappa shape index (κ1) is 12.2. The van der Waals surface area contributed by atoms with Crippen LogP contribution < -0.4 is 0 Å². The van der Waals surface area contributed by atoms with Crippen molar-refractivity contribution < 1.29 is 0 Å². The average molecular weight is 220 g/mol. The van der Waals surface area contributed by atoms with Gasteiger partial charge in [0, 0.05) is 0 Å². The summed E-state index contributed by atoms with van der Waals surface area (Å²) in [5, 5.41) is 0. The molecule has 92 valence electrons. The Morgan fingerprint density at radius 2 is 2.06 bits per heavy atom. The zero-order chi connectivity index (χ0) is 11.4. The Hall–Kier alpha value is -0.260. The van der Waals surface area contributed by atoms with Gasteiger partial charge in [0.05, 0.1) is 0 Å². The van der Waals surface area contributed by atoms with Crippen molar-refractivity contribution in [2.75, 3.05) is 0 Å². The summed E-state index contributed by atoms with van der Waals surface area (Å²) in [4.78, 5) is 0. The standard InChI is InChI=1S/C16H28/c1-3-15-11-13(2)9-10-16(15)12-14-7-5-4-6-8-14/h7,13,15-16H,3-6,8-12H2,1-2H3. The highest BCUT2D eigenvalue weighted by molar-refractivity contribution is 5.06. The van der Waals surface area contributed by atoms with Gasteiger partial charge in [0.2, 0.25) is 0 Å². The summed E-state index contributed by atoms with van der Waals surface area (Å²) in [6, 6.07) is 0. The van der Waals surface area contributed by atoms with Crippen LogP contribution in [-0.2, 0) is 0 Å². The third-order valence-corrected chi connectivity index (χ3v) is 4.84. The summed E-state index contributed by atoms with van der Waals surface area (Å²) >= 11 is 0. The van der Waals surface area contributed by atoms with Crippen molar-refractivity contribution >= 4 is 0 Å². The van der Waals surface area contributed by atoms with E-state index in [-0.39, 0.29) is 0 Å². The zero-order valence-corrected chi connectivity index (χ0v) is 11.2. The van der Waals surface area contributed by atoms with Gasteiger partial charge in [-0.15, -0.1) is 0 Å². The second kappa shape index (κ2) is 5.89. The second-order valence-electron chi connectivity index (χ2n) is 6.16. The van der Waals surface area contributed by atoms with E-state index in [9.17, 15) is 0 Å². The molecule has 0 spiro atoms. The fourth-order valence-corrected chi connectivity index (χ4v) is 3.76. The van der Waals surface area contributed by atoms with Gasteiger partial charge in [-0.05, 0) is 62.7 Å². The number of rotatable bonds is 3. The lowest BCUT2D eigenvalue weighted by Gasteiger charge is -2.35. The van der Waals surface area contributed by atoms with Gasteiger partial charge in [-0.3, -0.25) is 0 Å². The van der Waals surface area contributed by atoms with E-state index < -0.39 is 0 Å². The van der Waals surface area contributed by atoms with Crippen LogP contribution in [0.3, 0.4) is 0 Å². The molecule has 2 rings (SSSR count). The summed E-state index contributed by atoms with van der Waals surface area (Å²) in [6.45, 7) is 4.84. The third kappa shape index (κ3) is 3.12. The van der Waals surface area contributed by atoms with Gasteiger partial charge in [0.25, 0.3) is 0 Å². The highest BCUT2D eigenvalue weighted by atomic mass is 14.3. The summed E-state index contributed by atoms with van der Waals surface area (Å²) in [5.74, 6) is 3.03. The van der Waals surface area contributed by atoms with E-state index in [0.717, 1.165) is 17.8 Å². The van der Waals surface area contributed by atoms with Crippen molar-refractivity contribution in [3.63, 3.8) is 0 Å². The molecule has 0 bridgehead atoms. The van der Waals surface area contributed by atoms with Crippen LogP contribution in [0.2, 0.25) is 0 Å². The van der Waals surface area contributed by atoms with Crippen molar-refractivity contribution in [3.8, 4) is 0 Å². The van der Waals surface area contributed by atoms with E-state index in [1.165, 1.54) is 57.8 Å². The topological polar surface area (TPSA) is 0 Å². The maximum Gasteiger partial charge on any atom is -0.0289 e. The summed E-state index contributed by atoms with van der Waals surface area (Å²) in [7, 11) is 0. The van der Waals surface area contributed by atoms with Gasteiger partial charge in [-0.2, -0.15) is 0 Å². The Kier molecular flexibility index (Phi) is 4.49. The SMILES string of the molecule is CCC1CC(C)CCC1CC1=CCCCC1. The molecule has 3 unspecified atom stereocenters. The van der Waals surface area contributed by atoms with Crippen molar-refractivity contribution in [3.05, 3.63) is 11.6 Å². The molecule has 0 amide bonds. The summed E-state index contributed by atoms with van der Waals surface area (Å²) < 4.78 is 0. The molecular formula is C16H28. The van der Waals surface area contributed by atoms with Crippen molar-refractivity contribution in [2.45, 2.75) is 71.6 Å². The first-order valence-corrected chi connectivity index (χ1v) is 7.47. The van der Waals surface area contributed by atoms with E-state index in [1.54, 1.807) is 5.57 Å². The van der Waals surface area contributed by atoms with Gasteiger partial charge in [0.1, 0.15) is 0 Å². The third-order valence-electron chi connectivity index (χ3n) is 4.84.